The zero-order chi connectivity index (χ0) is 17.1. The van der Waals surface area contributed by atoms with E-state index in [-0.39, 0.29) is 0 Å². The second-order valence-electron chi connectivity index (χ2n) is 6.46. The molecule has 5 nitrogen and oxygen atoms in total. The number of rotatable bonds is 4. The van der Waals surface area contributed by atoms with Crippen molar-refractivity contribution in [2.45, 2.75) is 52.5 Å². The normalized spacial score (nSPS) is 17.8. The number of halogens is 1. The van der Waals surface area contributed by atoms with E-state index in [0.29, 0.717) is 22.8 Å². The predicted molar refractivity (Wildman–Crippen MR) is 99.3 cm³/mol. The first-order valence-corrected chi connectivity index (χ1v) is 8.96. The lowest BCUT2D eigenvalue weighted by molar-refractivity contribution is 0.442. The van der Waals surface area contributed by atoms with E-state index in [1.807, 2.05) is 19.9 Å². The summed E-state index contributed by atoms with van der Waals surface area (Å²) >= 11 is 6.38. The van der Waals surface area contributed by atoms with Crippen molar-refractivity contribution >= 4 is 29.1 Å². The molecule has 1 saturated heterocycles. The molecule has 6 heteroatoms. The molecule has 0 saturated carbocycles. The Kier molecular flexibility index (Phi) is 5.19. The Bertz CT molecular complexity index is 695. The van der Waals surface area contributed by atoms with Crippen LogP contribution in [0.3, 0.4) is 0 Å². The summed E-state index contributed by atoms with van der Waals surface area (Å²) in [7, 11) is 0. The molecule has 128 valence electrons. The quantitative estimate of drug-likeness (QED) is 0.873. The molecule has 1 unspecified atom stereocenters. The lowest BCUT2D eigenvalue weighted by Gasteiger charge is -2.34. The highest BCUT2D eigenvalue weighted by atomic mass is 35.5. The molecule has 1 aliphatic rings. The number of aryl methyl sites for hydroxylation is 2. The number of piperidine rings is 1. The molecule has 1 atom stereocenters. The first kappa shape index (κ1) is 17.0. The number of nitrogens with one attached hydrogen (secondary N) is 1. The molecule has 1 aliphatic heterocycles. The molecular weight excluding hydrogens is 322 g/mol. The zero-order valence-corrected chi connectivity index (χ0v) is 15.3. The van der Waals surface area contributed by atoms with Crippen LogP contribution < -0.4 is 10.2 Å². The SMILES string of the molecule is CCC1CCCCN1c1nncc(Nc2c(C)cc(C)cc2Cl)n1. The lowest BCUT2D eigenvalue weighted by atomic mass is 10.0. The molecule has 2 heterocycles. The van der Waals surface area contributed by atoms with E-state index < -0.39 is 0 Å². The number of aromatic nitrogens is 3. The fourth-order valence-corrected chi connectivity index (χ4v) is 3.73. The first-order chi connectivity index (χ1) is 11.6. The van der Waals surface area contributed by atoms with Crippen LogP contribution in [-0.4, -0.2) is 27.8 Å². The van der Waals surface area contributed by atoms with Crippen molar-refractivity contribution < 1.29 is 0 Å². The van der Waals surface area contributed by atoms with E-state index in [4.69, 9.17) is 11.6 Å². The Morgan fingerprint density at radius 3 is 2.88 bits per heavy atom. The van der Waals surface area contributed by atoms with Crippen molar-refractivity contribution in [2.75, 3.05) is 16.8 Å². The van der Waals surface area contributed by atoms with Crippen LogP contribution in [0.15, 0.2) is 18.3 Å². The maximum atomic E-state index is 6.38. The second kappa shape index (κ2) is 7.34. The van der Waals surface area contributed by atoms with Crippen LogP contribution in [0, 0.1) is 13.8 Å². The Morgan fingerprint density at radius 1 is 1.29 bits per heavy atom. The maximum absolute atomic E-state index is 6.38. The third kappa shape index (κ3) is 3.61. The van der Waals surface area contributed by atoms with E-state index in [1.54, 1.807) is 6.20 Å². The Balaban J connectivity index is 1.86. The minimum Gasteiger partial charge on any atom is -0.337 e. The van der Waals surface area contributed by atoms with Gasteiger partial charge < -0.3 is 10.2 Å². The second-order valence-corrected chi connectivity index (χ2v) is 6.86. The summed E-state index contributed by atoms with van der Waals surface area (Å²) in [5.74, 6) is 1.38. The summed E-state index contributed by atoms with van der Waals surface area (Å²) in [6.45, 7) is 7.28. The van der Waals surface area contributed by atoms with Crippen molar-refractivity contribution in [2.24, 2.45) is 0 Å². The Labute approximate surface area is 148 Å². The highest BCUT2D eigenvalue weighted by Gasteiger charge is 2.23. The summed E-state index contributed by atoms with van der Waals surface area (Å²) in [5.41, 5.74) is 3.10. The van der Waals surface area contributed by atoms with Crippen LogP contribution in [0.5, 0.6) is 0 Å². The van der Waals surface area contributed by atoms with Gasteiger partial charge in [0, 0.05) is 12.6 Å². The van der Waals surface area contributed by atoms with Gasteiger partial charge in [0.2, 0.25) is 5.95 Å². The molecule has 3 rings (SSSR count). The fourth-order valence-electron chi connectivity index (χ4n) is 3.37. The van der Waals surface area contributed by atoms with E-state index >= 15 is 0 Å². The third-order valence-electron chi connectivity index (χ3n) is 4.59. The number of anilines is 3. The Hall–Kier alpha value is -1.88. The zero-order valence-electron chi connectivity index (χ0n) is 14.5. The molecule has 1 aromatic heterocycles. The van der Waals surface area contributed by atoms with Crippen molar-refractivity contribution in [3.8, 4) is 0 Å². The van der Waals surface area contributed by atoms with Gasteiger partial charge in [-0.15, -0.1) is 5.10 Å². The van der Waals surface area contributed by atoms with Gasteiger partial charge in [-0.25, -0.2) is 0 Å². The highest BCUT2D eigenvalue weighted by molar-refractivity contribution is 6.33. The Morgan fingerprint density at radius 2 is 2.12 bits per heavy atom. The van der Waals surface area contributed by atoms with Crippen LogP contribution in [0.1, 0.15) is 43.7 Å². The van der Waals surface area contributed by atoms with Crippen molar-refractivity contribution in [1.82, 2.24) is 15.2 Å². The molecule has 24 heavy (non-hydrogen) atoms. The van der Waals surface area contributed by atoms with Gasteiger partial charge in [-0.1, -0.05) is 24.6 Å². The maximum Gasteiger partial charge on any atom is 0.247 e. The van der Waals surface area contributed by atoms with Gasteiger partial charge >= 0.3 is 0 Å². The molecule has 0 spiro atoms. The molecule has 1 N–H and O–H groups in total. The van der Waals surface area contributed by atoms with E-state index in [2.05, 4.69) is 38.4 Å². The lowest BCUT2D eigenvalue weighted by Crippen LogP contribution is -2.40. The topological polar surface area (TPSA) is 53.9 Å². The molecule has 0 amide bonds. The minimum absolute atomic E-state index is 0.500. The van der Waals surface area contributed by atoms with Gasteiger partial charge in [-0.2, -0.15) is 10.1 Å². The summed E-state index contributed by atoms with van der Waals surface area (Å²) in [6.07, 6.45) is 6.40. The number of hydrogen-bond acceptors (Lipinski definition) is 5. The first-order valence-electron chi connectivity index (χ1n) is 8.58. The largest absolute Gasteiger partial charge is 0.337 e. The summed E-state index contributed by atoms with van der Waals surface area (Å²) in [4.78, 5) is 6.96. The van der Waals surface area contributed by atoms with Crippen molar-refractivity contribution in [3.63, 3.8) is 0 Å². The van der Waals surface area contributed by atoms with Gasteiger partial charge in [-0.3, -0.25) is 0 Å². The van der Waals surface area contributed by atoms with Crippen LogP contribution in [0.25, 0.3) is 0 Å². The standard InChI is InChI=1S/C18H24ClN5/c1-4-14-7-5-6-8-24(14)18-22-16(11-20-23-18)21-17-13(3)9-12(2)10-15(17)19/h9-11,14H,4-8H2,1-3H3,(H,21,22,23). The molecule has 0 aliphatic carbocycles. The average Bonchev–Trinajstić information content (AvgIpc) is 2.58. The van der Waals surface area contributed by atoms with Gasteiger partial charge in [0.25, 0.3) is 0 Å². The minimum atomic E-state index is 0.500. The fraction of sp³-hybridized carbons (Fsp3) is 0.500. The van der Waals surface area contributed by atoms with Gasteiger partial charge in [0.05, 0.1) is 16.9 Å². The summed E-state index contributed by atoms with van der Waals surface area (Å²) in [6, 6.07) is 4.55. The third-order valence-corrected chi connectivity index (χ3v) is 4.89. The van der Waals surface area contributed by atoms with Crippen LogP contribution in [0.4, 0.5) is 17.5 Å². The molecule has 0 radical (unpaired) electrons. The number of benzene rings is 1. The van der Waals surface area contributed by atoms with E-state index in [9.17, 15) is 0 Å². The van der Waals surface area contributed by atoms with Gasteiger partial charge in [-0.05, 0) is 56.7 Å². The molecular formula is C18H24ClN5. The van der Waals surface area contributed by atoms with Crippen LogP contribution >= 0.6 is 11.6 Å². The smallest absolute Gasteiger partial charge is 0.247 e. The van der Waals surface area contributed by atoms with Crippen LogP contribution in [-0.2, 0) is 0 Å². The molecule has 2 aromatic rings. The van der Waals surface area contributed by atoms with E-state index in [1.165, 1.54) is 19.3 Å². The van der Waals surface area contributed by atoms with Crippen molar-refractivity contribution in [1.29, 1.82) is 0 Å². The van der Waals surface area contributed by atoms with Gasteiger partial charge in [0.1, 0.15) is 0 Å². The van der Waals surface area contributed by atoms with E-state index in [0.717, 1.165) is 29.8 Å². The summed E-state index contributed by atoms with van der Waals surface area (Å²) in [5, 5.41) is 12.4. The highest BCUT2D eigenvalue weighted by Crippen LogP contribution is 2.30. The average molecular weight is 346 g/mol. The molecule has 0 bridgehead atoms. The number of nitrogens with zero attached hydrogens (tertiary/aromatic N) is 4. The summed E-state index contributed by atoms with van der Waals surface area (Å²) < 4.78 is 0. The molecule has 1 aromatic carbocycles. The van der Waals surface area contributed by atoms with Gasteiger partial charge in [0.15, 0.2) is 5.82 Å². The predicted octanol–water partition coefficient (Wildman–Crippen LogP) is 4.65. The monoisotopic (exact) mass is 345 g/mol. The van der Waals surface area contributed by atoms with Crippen LogP contribution in [0.2, 0.25) is 5.02 Å². The van der Waals surface area contributed by atoms with Crippen molar-refractivity contribution in [3.05, 3.63) is 34.5 Å². The molecule has 1 fully saturated rings. The number of hydrogen-bond donors (Lipinski definition) is 1.